The summed E-state index contributed by atoms with van der Waals surface area (Å²) in [4.78, 5) is 6.71. The maximum Gasteiger partial charge on any atom is 0.315 e. The molecule has 0 fully saturated rings. The van der Waals surface area contributed by atoms with Crippen molar-refractivity contribution < 1.29 is 9.15 Å². The van der Waals surface area contributed by atoms with Crippen LogP contribution in [0.1, 0.15) is 12.6 Å². The number of ether oxygens (including phenoxy) is 1. The molecule has 4 nitrogen and oxygen atoms in total. The monoisotopic (exact) mass is 324 g/mol. The third kappa shape index (κ3) is 3.24. The van der Waals surface area contributed by atoms with Crippen LogP contribution in [-0.4, -0.2) is 16.6 Å². The van der Waals surface area contributed by atoms with Gasteiger partial charge < -0.3 is 9.15 Å². The van der Waals surface area contributed by atoms with Gasteiger partial charge in [-0.3, -0.25) is 4.90 Å². The minimum atomic E-state index is 0.342. The Morgan fingerprint density at radius 3 is 2.13 bits per heavy atom. The molecule has 0 aliphatic rings. The molecule has 116 valence electrons. The standard InChI is InChI=1S/C18H16N2O2S/c1-2-21-18-16(19-13-22-18)17(23)20(14-9-5-3-6-10-14)15-11-7-4-8-12-15/h3-13H,2H2,1H3. The Bertz CT molecular complexity index is 732. The van der Waals surface area contributed by atoms with Crippen molar-refractivity contribution in [1.82, 2.24) is 4.98 Å². The van der Waals surface area contributed by atoms with Crippen molar-refractivity contribution in [2.75, 3.05) is 11.5 Å². The fraction of sp³-hybridized carbons (Fsp3) is 0.111. The Hall–Kier alpha value is -2.66. The van der Waals surface area contributed by atoms with Crippen molar-refractivity contribution >= 4 is 28.6 Å². The van der Waals surface area contributed by atoms with Gasteiger partial charge in [-0.15, -0.1) is 0 Å². The highest BCUT2D eigenvalue weighted by Gasteiger charge is 2.22. The molecule has 0 atom stereocenters. The molecule has 0 aliphatic carbocycles. The summed E-state index contributed by atoms with van der Waals surface area (Å²) in [6.07, 6.45) is 1.35. The van der Waals surface area contributed by atoms with Crippen LogP contribution in [0.4, 0.5) is 11.4 Å². The zero-order chi connectivity index (χ0) is 16.1. The second-order valence-electron chi connectivity index (χ2n) is 4.73. The van der Waals surface area contributed by atoms with Gasteiger partial charge in [0.15, 0.2) is 12.1 Å². The first-order valence-electron chi connectivity index (χ1n) is 7.32. The summed E-state index contributed by atoms with van der Waals surface area (Å²) in [7, 11) is 0. The number of oxazole rings is 1. The van der Waals surface area contributed by atoms with Crippen LogP contribution in [0.3, 0.4) is 0 Å². The van der Waals surface area contributed by atoms with E-state index >= 15 is 0 Å². The number of hydrogen-bond donors (Lipinski definition) is 0. The predicted molar refractivity (Wildman–Crippen MR) is 94.4 cm³/mol. The van der Waals surface area contributed by atoms with Crippen LogP contribution in [0.25, 0.3) is 0 Å². The largest absolute Gasteiger partial charge is 0.464 e. The van der Waals surface area contributed by atoms with Crippen molar-refractivity contribution in [3.05, 3.63) is 72.8 Å². The van der Waals surface area contributed by atoms with E-state index in [4.69, 9.17) is 21.4 Å². The second kappa shape index (κ2) is 7.07. The third-order valence-corrected chi connectivity index (χ3v) is 3.62. The molecular weight excluding hydrogens is 308 g/mol. The lowest BCUT2D eigenvalue weighted by molar-refractivity contribution is 0.257. The van der Waals surface area contributed by atoms with E-state index in [9.17, 15) is 0 Å². The van der Waals surface area contributed by atoms with Gasteiger partial charge in [-0.1, -0.05) is 48.6 Å². The van der Waals surface area contributed by atoms with Gasteiger partial charge in [-0.2, -0.15) is 0 Å². The maximum absolute atomic E-state index is 5.68. The second-order valence-corrected chi connectivity index (χ2v) is 5.12. The molecule has 0 N–H and O–H groups in total. The zero-order valence-electron chi connectivity index (χ0n) is 12.7. The molecule has 0 amide bonds. The molecule has 2 aromatic carbocycles. The van der Waals surface area contributed by atoms with E-state index in [2.05, 4.69) is 4.98 Å². The average molecular weight is 324 g/mol. The maximum atomic E-state index is 5.68. The molecule has 0 saturated carbocycles. The number of benzene rings is 2. The zero-order valence-corrected chi connectivity index (χ0v) is 13.5. The lowest BCUT2D eigenvalue weighted by Gasteiger charge is -2.24. The van der Waals surface area contributed by atoms with Crippen molar-refractivity contribution in [2.45, 2.75) is 6.92 Å². The Balaban J connectivity index is 2.05. The highest BCUT2D eigenvalue weighted by molar-refractivity contribution is 7.81. The van der Waals surface area contributed by atoms with Crippen LogP contribution in [-0.2, 0) is 0 Å². The molecule has 3 aromatic rings. The number of rotatable bonds is 5. The SMILES string of the molecule is CCOc1ocnc1C(=S)N(c1ccccc1)c1ccccc1. The van der Waals surface area contributed by atoms with Gasteiger partial charge in [0, 0.05) is 11.4 Å². The molecule has 1 heterocycles. The number of aromatic nitrogens is 1. The summed E-state index contributed by atoms with van der Waals surface area (Å²) >= 11 is 5.68. The van der Waals surface area contributed by atoms with E-state index in [0.29, 0.717) is 23.2 Å². The lowest BCUT2D eigenvalue weighted by Crippen LogP contribution is -2.25. The van der Waals surface area contributed by atoms with E-state index in [0.717, 1.165) is 11.4 Å². The predicted octanol–water partition coefficient (Wildman–Crippen LogP) is 4.59. The van der Waals surface area contributed by atoms with Crippen molar-refractivity contribution in [3.63, 3.8) is 0 Å². The van der Waals surface area contributed by atoms with Crippen LogP contribution >= 0.6 is 12.2 Å². The van der Waals surface area contributed by atoms with E-state index in [-0.39, 0.29) is 0 Å². The molecule has 0 bridgehead atoms. The Morgan fingerprint density at radius 1 is 1.04 bits per heavy atom. The van der Waals surface area contributed by atoms with Crippen LogP contribution in [0, 0.1) is 0 Å². The van der Waals surface area contributed by atoms with Crippen molar-refractivity contribution in [1.29, 1.82) is 0 Å². The molecule has 0 aliphatic heterocycles. The first-order chi connectivity index (χ1) is 11.3. The third-order valence-electron chi connectivity index (χ3n) is 3.24. The molecule has 1 aromatic heterocycles. The summed E-state index contributed by atoms with van der Waals surface area (Å²) in [5.41, 5.74) is 2.43. The van der Waals surface area contributed by atoms with Gasteiger partial charge in [-0.25, -0.2) is 4.98 Å². The molecule has 5 heteroatoms. The number of anilines is 2. The van der Waals surface area contributed by atoms with Gasteiger partial charge in [0.05, 0.1) is 6.61 Å². The van der Waals surface area contributed by atoms with Crippen LogP contribution in [0.5, 0.6) is 5.95 Å². The molecule has 0 saturated heterocycles. The highest BCUT2D eigenvalue weighted by atomic mass is 32.1. The van der Waals surface area contributed by atoms with E-state index in [1.165, 1.54) is 6.39 Å². The molecule has 0 unspecified atom stereocenters. The van der Waals surface area contributed by atoms with Crippen LogP contribution in [0.2, 0.25) is 0 Å². The molecular formula is C18H16N2O2S. The topological polar surface area (TPSA) is 38.5 Å². The van der Waals surface area contributed by atoms with Crippen molar-refractivity contribution in [2.24, 2.45) is 0 Å². The number of thiocarbonyl (C=S) groups is 1. The first-order valence-corrected chi connectivity index (χ1v) is 7.73. The summed E-state index contributed by atoms with van der Waals surface area (Å²) in [5.74, 6) is 0.342. The highest BCUT2D eigenvalue weighted by Crippen LogP contribution is 2.30. The number of hydrogen-bond acceptors (Lipinski definition) is 4. The van der Waals surface area contributed by atoms with Gasteiger partial charge in [0.1, 0.15) is 4.99 Å². The van der Waals surface area contributed by atoms with Gasteiger partial charge in [0.25, 0.3) is 0 Å². The van der Waals surface area contributed by atoms with Crippen molar-refractivity contribution in [3.8, 4) is 5.95 Å². The molecule has 0 spiro atoms. The van der Waals surface area contributed by atoms with Gasteiger partial charge >= 0.3 is 5.95 Å². The normalized spacial score (nSPS) is 10.3. The Kier molecular flexibility index (Phi) is 4.68. The lowest BCUT2D eigenvalue weighted by atomic mass is 10.2. The minimum Gasteiger partial charge on any atom is -0.464 e. The average Bonchev–Trinajstić information content (AvgIpc) is 3.06. The summed E-state index contributed by atoms with van der Waals surface area (Å²) in [5, 5.41) is 0. The first kappa shape index (κ1) is 15.2. The Morgan fingerprint density at radius 2 is 1.61 bits per heavy atom. The quantitative estimate of drug-likeness (QED) is 0.642. The summed E-state index contributed by atoms with van der Waals surface area (Å²) in [6.45, 7) is 2.38. The Labute approximate surface area is 140 Å². The van der Waals surface area contributed by atoms with Gasteiger partial charge in [0.2, 0.25) is 0 Å². The molecule has 0 radical (unpaired) electrons. The fourth-order valence-corrected chi connectivity index (χ4v) is 2.60. The van der Waals surface area contributed by atoms with Gasteiger partial charge in [-0.05, 0) is 31.2 Å². The summed E-state index contributed by atoms with van der Waals surface area (Å²) < 4.78 is 10.8. The fourth-order valence-electron chi connectivity index (χ4n) is 2.26. The number of para-hydroxylation sites is 2. The van der Waals surface area contributed by atoms with Crippen LogP contribution < -0.4 is 9.64 Å². The van der Waals surface area contributed by atoms with E-state index < -0.39 is 0 Å². The minimum absolute atomic E-state index is 0.342. The van der Waals surface area contributed by atoms with E-state index in [1.807, 2.05) is 72.5 Å². The smallest absolute Gasteiger partial charge is 0.315 e. The van der Waals surface area contributed by atoms with Crippen LogP contribution in [0.15, 0.2) is 71.5 Å². The van der Waals surface area contributed by atoms with E-state index in [1.54, 1.807) is 0 Å². The molecule has 23 heavy (non-hydrogen) atoms. The number of nitrogens with zero attached hydrogens (tertiary/aromatic N) is 2. The molecule has 3 rings (SSSR count). The summed E-state index contributed by atoms with van der Waals surface area (Å²) in [6, 6.07) is 19.8.